The van der Waals surface area contributed by atoms with Crippen LogP contribution in [0.1, 0.15) is 0 Å². The Morgan fingerprint density at radius 1 is 1.26 bits per heavy atom. The number of sulfonamides is 1. The highest BCUT2D eigenvalue weighted by Gasteiger charge is 2.22. The molecule has 0 aliphatic carbocycles. The van der Waals surface area contributed by atoms with Crippen molar-refractivity contribution in [1.29, 1.82) is 0 Å². The number of benzene rings is 1. The number of phenolic OH excluding ortho intramolecular Hbond substituents is 1. The standard InChI is InChI=1S/C10H6Cl2FNO3S2/c11-9-4-8(10(12)18-9)19(16,17)14-7-2-1-5(15)3-6(7)13/h1-4,14-15H. The van der Waals surface area contributed by atoms with E-state index in [2.05, 4.69) is 0 Å². The Morgan fingerprint density at radius 3 is 2.47 bits per heavy atom. The van der Waals surface area contributed by atoms with Crippen molar-refractivity contribution in [3.63, 3.8) is 0 Å². The molecule has 0 radical (unpaired) electrons. The van der Waals surface area contributed by atoms with E-state index in [0.717, 1.165) is 29.5 Å². The molecule has 4 nitrogen and oxygen atoms in total. The first kappa shape index (κ1) is 14.4. The lowest BCUT2D eigenvalue weighted by Gasteiger charge is -2.08. The van der Waals surface area contributed by atoms with E-state index in [1.165, 1.54) is 6.07 Å². The van der Waals surface area contributed by atoms with E-state index < -0.39 is 15.8 Å². The number of phenols is 1. The van der Waals surface area contributed by atoms with E-state index in [1.807, 2.05) is 4.72 Å². The van der Waals surface area contributed by atoms with Crippen LogP contribution in [0.15, 0.2) is 29.2 Å². The predicted octanol–water partition coefficient (Wildman–Crippen LogP) is 3.70. The van der Waals surface area contributed by atoms with Gasteiger partial charge < -0.3 is 5.11 Å². The zero-order valence-electron chi connectivity index (χ0n) is 9.02. The average molecular weight is 342 g/mol. The molecule has 102 valence electrons. The highest BCUT2D eigenvalue weighted by atomic mass is 35.5. The number of anilines is 1. The third kappa shape index (κ3) is 3.11. The molecule has 19 heavy (non-hydrogen) atoms. The van der Waals surface area contributed by atoms with Crippen LogP contribution in [0, 0.1) is 5.82 Å². The molecule has 0 atom stereocenters. The molecule has 1 aromatic carbocycles. The summed E-state index contributed by atoms with van der Waals surface area (Å²) in [5.41, 5.74) is -0.295. The van der Waals surface area contributed by atoms with Crippen molar-refractivity contribution in [2.45, 2.75) is 4.90 Å². The lowest BCUT2D eigenvalue weighted by Crippen LogP contribution is -2.13. The number of hydrogen-bond donors (Lipinski definition) is 2. The molecule has 0 aliphatic rings. The summed E-state index contributed by atoms with van der Waals surface area (Å²) in [5, 5.41) is 9.05. The summed E-state index contributed by atoms with van der Waals surface area (Å²) in [6.07, 6.45) is 0. The summed E-state index contributed by atoms with van der Waals surface area (Å²) in [6.45, 7) is 0. The molecule has 0 aliphatic heterocycles. The Bertz CT molecular complexity index is 730. The number of hydrogen-bond acceptors (Lipinski definition) is 4. The number of rotatable bonds is 3. The fourth-order valence-corrected chi connectivity index (χ4v) is 4.51. The fraction of sp³-hybridized carbons (Fsp3) is 0. The number of thiophene rings is 1. The molecule has 0 amide bonds. The van der Waals surface area contributed by atoms with Crippen LogP contribution in [0.4, 0.5) is 10.1 Å². The van der Waals surface area contributed by atoms with Crippen molar-refractivity contribution >= 4 is 50.2 Å². The summed E-state index contributed by atoms with van der Waals surface area (Å²) in [5.74, 6) is -1.21. The van der Waals surface area contributed by atoms with Crippen molar-refractivity contribution in [3.05, 3.63) is 38.8 Å². The second-order valence-electron chi connectivity index (χ2n) is 3.46. The molecule has 2 rings (SSSR count). The maximum absolute atomic E-state index is 13.5. The van der Waals surface area contributed by atoms with Crippen molar-refractivity contribution in [2.24, 2.45) is 0 Å². The monoisotopic (exact) mass is 341 g/mol. The maximum Gasteiger partial charge on any atom is 0.264 e. The van der Waals surface area contributed by atoms with E-state index in [0.29, 0.717) is 0 Å². The Balaban J connectivity index is 2.39. The van der Waals surface area contributed by atoms with Gasteiger partial charge in [0, 0.05) is 6.07 Å². The summed E-state index contributed by atoms with van der Waals surface area (Å²) >= 11 is 12.3. The van der Waals surface area contributed by atoms with Crippen LogP contribution in [0.3, 0.4) is 0 Å². The minimum absolute atomic E-state index is 0.0170. The zero-order valence-corrected chi connectivity index (χ0v) is 12.2. The smallest absolute Gasteiger partial charge is 0.264 e. The lowest BCUT2D eigenvalue weighted by molar-refractivity contribution is 0.469. The molecule has 0 saturated carbocycles. The number of halogens is 3. The Morgan fingerprint density at radius 2 is 1.95 bits per heavy atom. The van der Waals surface area contributed by atoms with Crippen LogP contribution < -0.4 is 4.72 Å². The van der Waals surface area contributed by atoms with Crippen LogP contribution in [0.25, 0.3) is 0 Å². The Hall–Kier alpha value is -1.02. The quantitative estimate of drug-likeness (QED) is 0.836. The van der Waals surface area contributed by atoms with E-state index in [9.17, 15) is 12.8 Å². The summed E-state index contributed by atoms with van der Waals surface area (Å²) in [6, 6.07) is 4.22. The van der Waals surface area contributed by atoms with E-state index in [-0.39, 0.29) is 25.0 Å². The number of nitrogens with one attached hydrogen (secondary N) is 1. The molecule has 0 fully saturated rings. The molecule has 2 aromatic rings. The van der Waals surface area contributed by atoms with E-state index in [1.54, 1.807) is 0 Å². The topological polar surface area (TPSA) is 66.4 Å². The third-order valence-electron chi connectivity index (χ3n) is 2.11. The fourth-order valence-electron chi connectivity index (χ4n) is 1.29. The summed E-state index contributed by atoms with van der Waals surface area (Å²) in [7, 11) is -4.04. The van der Waals surface area contributed by atoms with Gasteiger partial charge in [0.2, 0.25) is 0 Å². The van der Waals surface area contributed by atoms with Gasteiger partial charge in [-0.15, -0.1) is 11.3 Å². The first-order valence-electron chi connectivity index (χ1n) is 4.76. The zero-order chi connectivity index (χ0) is 14.2. The van der Waals surface area contributed by atoms with Gasteiger partial charge >= 0.3 is 0 Å². The first-order valence-corrected chi connectivity index (χ1v) is 7.81. The molecule has 0 bridgehead atoms. The van der Waals surface area contributed by atoms with Gasteiger partial charge in [-0.25, -0.2) is 12.8 Å². The van der Waals surface area contributed by atoms with Gasteiger partial charge in [-0.2, -0.15) is 0 Å². The van der Waals surface area contributed by atoms with E-state index >= 15 is 0 Å². The molecule has 0 saturated heterocycles. The molecule has 0 spiro atoms. The van der Waals surface area contributed by atoms with Gasteiger partial charge in [0.05, 0.1) is 10.0 Å². The van der Waals surface area contributed by atoms with Gasteiger partial charge in [0.15, 0.2) is 5.82 Å². The van der Waals surface area contributed by atoms with Crippen LogP contribution in [-0.2, 0) is 10.0 Å². The molecule has 0 unspecified atom stereocenters. The largest absolute Gasteiger partial charge is 0.508 e. The highest BCUT2D eigenvalue weighted by molar-refractivity contribution is 7.93. The normalized spacial score (nSPS) is 11.5. The van der Waals surface area contributed by atoms with Crippen molar-refractivity contribution in [2.75, 3.05) is 4.72 Å². The average Bonchev–Trinajstić information content (AvgIpc) is 2.63. The van der Waals surface area contributed by atoms with Gasteiger partial charge in [-0.1, -0.05) is 23.2 Å². The van der Waals surface area contributed by atoms with Crippen molar-refractivity contribution < 1.29 is 17.9 Å². The third-order valence-corrected chi connectivity index (χ3v) is 5.23. The SMILES string of the molecule is O=S(=O)(Nc1ccc(O)cc1F)c1cc(Cl)sc1Cl. The van der Waals surface area contributed by atoms with Gasteiger partial charge in [-0.3, -0.25) is 4.72 Å². The van der Waals surface area contributed by atoms with Crippen LogP contribution >= 0.6 is 34.5 Å². The highest BCUT2D eigenvalue weighted by Crippen LogP contribution is 2.35. The molecule has 1 aromatic heterocycles. The second kappa shape index (κ2) is 5.16. The van der Waals surface area contributed by atoms with Crippen molar-refractivity contribution in [1.82, 2.24) is 0 Å². The minimum Gasteiger partial charge on any atom is -0.508 e. The first-order chi connectivity index (χ1) is 8.79. The minimum atomic E-state index is -4.04. The van der Waals surface area contributed by atoms with E-state index in [4.69, 9.17) is 28.3 Å². The van der Waals surface area contributed by atoms with Crippen molar-refractivity contribution in [3.8, 4) is 5.75 Å². The molecule has 9 heteroatoms. The van der Waals surface area contributed by atoms with Crippen LogP contribution in [0.5, 0.6) is 5.75 Å². The second-order valence-corrected chi connectivity index (χ2v) is 7.39. The molecular weight excluding hydrogens is 336 g/mol. The van der Waals surface area contributed by atoms with Crippen LogP contribution in [0.2, 0.25) is 8.67 Å². The maximum atomic E-state index is 13.5. The number of aromatic hydroxyl groups is 1. The summed E-state index contributed by atoms with van der Waals surface area (Å²) in [4.78, 5) is -0.225. The lowest BCUT2D eigenvalue weighted by atomic mass is 10.3. The predicted molar refractivity (Wildman–Crippen MR) is 73.2 cm³/mol. The van der Waals surface area contributed by atoms with Gasteiger partial charge in [0.25, 0.3) is 10.0 Å². The van der Waals surface area contributed by atoms with Gasteiger partial charge in [-0.05, 0) is 18.2 Å². The summed E-state index contributed by atoms with van der Waals surface area (Å²) < 4.78 is 39.7. The molecule has 2 N–H and O–H groups in total. The van der Waals surface area contributed by atoms with Gasteiger partial charge in [0.1, 0.15) is 15.0 Å². The van der Waals surface area contributed by atoms with Crippen LogP contribution in [-0.4, -0.2) is 13.5 Å². The molecule has 1 heterocycles. The molecular formula is C10H6Cl2FNO3S2. The Kier molecular flexibility index (Phi) is 3.91. The Labute approximate surface area is 122 Å².